The fourth-order valence-corrected chi connectivity index (χ4v) is 1.77. The van der Waals surface area contributed by atoms with Crippen LogP contribution < -0.4 is 5.32 Å². The van der Waals surface area contributed by atoms with Crippen molar-refractivity contribution in [1.29, 1.82) is 0 Å². The zero-order valence-electron chi connectivity index (χ0n) is 11.4. The highest BCUT2D eigenvalue weighted by atomic mass is 35.5. The molecule has 0 aliphatic heterocycles. The van der Waals surface area contributed by atoms with E-state index in [4.69, 9.17) is 16.7 Å². The van der Waals surface area contributed by atoms with E-state index < -0.39 is 0 Å². The zero-order valence-corrected chi connectivity index (χ0v) is 12.2. The van der Waals surface area contributed by atoms with Crippen molar-refractivity contribution in [3.63, 3.8) is 0 Å². The Bertz CT molecular complexity index is 557. The van der Waals surface area contributed by atoms with Crippen molar-refractivity contribution in [1.82, 2.24) is 24.7 Å². The van der Waals surface area contributed by atoms with Crippen LogP contribution in [0.25, 0.3) is 5.95 Å². The maximum Gasteiger partial charge on any atom is 0.256 e. The fourth-order valence-electron chi connectivity index (χ4n) is 1.62. The topological polar surface area (TPSA) is 88.8 Å². The number of hydrogen-bond acceptors (Lipinski definition) is 6. The van der Waals surface area contributed by atoms with Gasteiger partial charge < -0.3 is 10.4 Å². The Morgan fingerprint density at radius 1 is 1.35 bits per heavy atom. The third-order valence-corrected chi connectivity index (χ3v) is 2.99. The van der Waals surface area contributed by atoms with Gasteiger partial charge in [-0.2, -0.15) is 20.1 Å². The first-order valence-electron chi connectivity index (χ1n) is 6.26. The molecule has 0 aliphatic rings. The van der Waals surface area contributed by atoms with Crippen LogP contribution in [-0.4, -0.2) is 43.0 Å². The van der Waals surface area contributed by atoms with Gasteiger partial charge in [0.25, 0.3) is 5.95 Å². The molecule has 0 saturated heterocycles. The van der Waals surface area contributed by atoms with E-state index in [9.17, 15) is 0 Å². The Morgan fingerprint density at radius 3 is 2.80 bits per heavy atom. The summed E-state index contributed by atoms with van der Waals surface area (Å²) in [7, 11) is 0. The molecule has 2 aromatic rings. The normalized spacial score (nSPS) is 11.6. The van der Waals surface area contributed by atoms with Crippen LogP contribution >= 0.6 is 11.6 Å². The summed E-state index contributed by atoms with van der Waals surface area (Å²) < 4.78 is 1.51. The quantitative estimate of drug-likeness (QED) is 0.840. The molecule has 20 heavy (non-hydrogen) atoms. The molecule has 108 valence electrons. The number of hydrogen-bond donors (Lipinski definition) is 2. The molecule has 2 aromatic heterocycles. The summed E-state index contributed by atoms with van der Waals surface area (Å²) in [5.41, 5.74) is -0.0697. The Morgan fingerprint density at radius 2 is 2.15 bits per heavy atom. The molecule has 2 heterocycles. The second-order valence-electron chi connectivity index (χ2n) is 5.17. The van der Waals surface area contributed by atoms with Crippen LogP contribution in [0.4, 0.5) is 5.95 Å². The minimum atomic E-state index is -0.0697. The lowest BCUT2D eigenvalue weighted by Crippen LogP contribution is -2.25. The number of nitrogens with one attached hydrogen (secondary N) is 1. The third-order valence-electron chi connectivity index (χ3n) is 2.82. The van der Waals surface area contributed by atoms with E-state index in [2.05, 4.69) is 25.4 Å². The first-order valence-corrected chi connectivity index (χ1v) is 6.64. The zero-order chi connectivity index (χ0) is 14.6. The molecule has 2 N–H and O–H groups in total. The number of anilines is 1. The monoisotopic (exact) mass is 296 g/mol. The van der Waals surface area contributed by atoms with Gasteiger partial charge in [0.15, 0.2) is 0 Å². The van der Waals surface area contributed by atoms with Crippen LogP contribution in [0.1, 0.15) is 20.3 Å². The lowest BCUT2D eigenvalue weighted by molar-refractivity contribution is 0.220. The van der Waals surface area contributed by atoms with Crippen molar-refractivity contribution in [3.8, 4) is 5.95 Å². The Labute approximate surface area is 122 Å². The number of nitrogens with zero attached hydrogens (tertiary/aromatic N) is 5. The van der Waals surface area contributed by atoms with E-state index in [1.54, 1.807) is 18.5 Å². The van der Waals surface area contributed by atoms with Gasteiger partial charge in [0, 0.05) is 25.5 Å². The third kappa shape index (κ3) is 3.88. The predicted octanol–water partition coefficient (Wildman–Crippen LogP) is 1.53. The summed E-state index contributed by atoms with van der Waals surface area (Å²) in [4.78, 5) is 12.3. The van der Waals surface area contributed by atoms with Crippen molar-refractivity contribution < 1.29 is 5.11 Å². The molecule has 0 bridgehead atoms. The standard InChI is InChI=1S/C12H17ClN6O/c1-12(2,4-7-20)8-14-10-16-9(13)17-11(18-10)19-6-3-5-15-19/h3,5-6,20H,4,7-8H2,1-2H3,(H,14,16,17,18). The summed E-state index contributed by atoms with van der Waals surface area (Å²) in [6.45, 7) is 4.86. The van der Waals surface area contributed by atoms with Crippen molar-refractivity contribution in [2.75, 3.05) is 18.5 Å². The largest absolute Gasteiger partial charge is 0.396 e. The van der Waals surface area contributed by atoms with Crippen LogP contribution in [0.5, 0.6) is 0 Å². The van der Waals surface area contributed by atoms with E-state index in [1.165, 1.54) is 4.68 Å². The van der Waals surface area contributed by atoms with Gasteiger partial charge in [-0.05, 0) is 29.5 Å². The van der Waals surface area contributed by atoms with Gasteiger partial charge in [-0.15, -0.1) is 0 Å². The van der Waals surface area contributed by atoms with E-state index in [-0.39, 0.29) is 17.3 Å². The summed E-state index contributed by atoms with van der Waals surface area (Å²) in [6.07, 6.45) is 4.05. The van der Waals surface area contributed by atoms with Crippen LogP contribution in [0.2, 0.25) is 5.28 Å². The maximum absolute atomic E-state index is 9.01. The molecule has 2 rings (SSSR count). The van der Waals surface area contributed by atoms with Gasteiger partial charge >= 0.3 is 0 Å². The van der Waals surface area contributed by atoms with Gasteiger partial charge in [0.1, 0.15) is 0 Å². The average Bonchev–Trinajstić information content (AvgIpc) is 2.90. The molecule has 0 saturated carbocycles. The van der Waals surface area contributed by atoms with Crippen molar-refractivity contribution in [3.05, 3.63) is 23.7 Å². The molecule has 0 aromatic carbocycles. The van der Waals surface area contributed by atoms with E-state index in [1.807, 2.05) is 13.8 Å². The summed E-state index contributed by atoms with van der Waals surface area (Å²) in [6, 6.07) is 1.77. The Balaban J connectivity index is 2.13. The Hall–Kier alpha value is -1.73. The molecule has 0 unspecified atom stereocenters. The fraction of sp³-hybridized carbons (Fsp3) is 0.500. The van der Waals surface area contributed by atoms with Gasteiger partial charge in [-0.3, -0.25) is 0 Å². The molecule has 0 spiro atoms. The number of aliphatic hydroxyl groups excluding tert-OH is 1. The van der Waals surface area contributed by atoms with Crippen LogP contribution in [0.15, 0.2) is 18.5 Å². The highest BCUT2D eigenvalue weighted by Gasteiger charge is 2.18. The van der Waals surface area contributed by atoms with Crippen molar-refractivity contribution >= 4 is 17.5 Å². The molecule has 0 aliphatic carbocycles. The molecule has 8 heteroatoms. The summed E-state index contributed by atoms with van der Waals surface area (Å²) in [5.74, 6) is 0.749. The van der Waals surface area contributed by atoms with Crippen molar-refractivity contribution in [2.45, 2.75) is 20.3 Å². The van der Waals surface area contributed by atoms with Gasteiger partial charge in [-0.1, -0.05) is 13.8 Å². The Kier molecular flexibility index (Phi) is 4.51. The highest BCUT2D eigenvalue weighted by Crippen LogP contribution is 2.20. The van der Waals surface area contributed by atoms with Crippen molar-refractivity contribution in [2.24, 2.45) is 5.41 Å². The molecule has 0 amide bonds. The lowest BCUT2D eigenvalue weighted by atomic mass is 9.90. The minimum absolute atomic E-state index is 0.0697. The molecule has 0 radical (unpaired) electrons. The smallest absolute Gasteiger partial charge is 0.256 e. The first-order chi connectivity index (χ1) is 9.50. The molecular formula is C12H17ClN6O. The number of rotatable bonds is 6. The second-order valence-corrected chi connectivity index (χ2v) is 5.51. The number of aliphatic hydroxyl groups is 1. The SMILES string of the molecule is CC(C)(CCO)CNc1nc(Cl)nc(-n2cccn2)n1. The van der Waals surface area contributed by atoms with Crippen LogP contribution in [-0.2, 0) is 0 Å². The van der Waals surface area contributed by atoms with Crippen LogP contribution in [0, 0.1) is 5.41 Å². The molecule has 7 nitrogen and oxygen atoms in total. The predicted molar refractivity (Wildman–Crippen MR) is 75.9 cm³/mol. The number of halogens is 1. The minimum Gasteiger partial charge on any atom is -0.396 e. The first kappa shape index (κ1) is 14.7. The lowest BCUT2D eigenvalue weighted by Gasteiger charge is -2.23. The molecule has 0 atom stereocenters. The highest BCUT2D eigenvalue weighted by molar-refractivity contribution is 6.28. The number of aromatic nitrogens is 5. The van der Waals surface area contributed by atoms with E-state index >= 15 is 0 Å². The van der Waals surface area contributed by atoms with Gasteiger partial charge in [-0.25, -0.2) is 4.68 Å². The van der Waals surface area contributed by atoms with Gasteiger partial charge in [0.05, 0.1) is 0 Å². The van der Waals surface area contributed by atoms with Gasteiger partial charge in [0.2, 0.25) is 11.2 Å². The maximum atomic E-state index is 9.01. The summed E-state index contributed by atoms with van der Waals surface area (Å²) >= 11 is 5.89. The summed E-state index contributed by atoms with van der Waals surface area (Å²) in [5, 5.41) is 16.3. The average molecular weight is 297 g/mol. The second kappa shape index (κ2) is 6.15. The molecule has 0 fully saturated rings. The van der Waals surface area contributed by atoms with E-state index in [0.717, 1.165) is 0 Å². The molecular weight excluding hydrogens is 280 g/mol. The van der Waals surface area contributed by atoms with E-state index in [0.29, 0.717) is 24.9 Å². The van der Waals surface area contributed by atoms with Crippen LogP contribution in [0.3, 0.4) is 0 Å².